The van der Waals surface area contributed by atoms with Gasteiger partial charge in [0.05, 0.1) is 5.41 Å². The Morgan fingerprint density at radius 2 is 1.88 bits per heavy atom. The number of alkyl halides is 3. The number of amides is 1. The SMILES string of the molecule is CC1(C)CN(C(c2c(Br)ccc3ccccc23)C(F)(F)F)NC1=O. The Morgan fingerprint density at radius 3 is 2.46 bits per heavy atom. The molecule has 3 nitrogen and oxygen atoms in total. The van der Waals surface area contributed by atoms with Crippen molar-refractivity contribution in [2.75, 3.05) is 6.54 Å². The average Bonchev–Trinajstić information content (AvgIpc) is 2.74. The molecule has 0 aliphatic carbocycles. The van der Waals surface area contributed by atoms with Crippen molar-refractivity contribution in [1.29, 1.82) is 0 Å². The van der Waals surface area contributed by atoms with E-state index in [9.17, 15) is 18.0 Å². The van der Waals surface area contributed by atoms with E-state index < -0.39 is 23.5 Å². The quantitative estimate of drug-likeness (QED) is 0.799. The normalized spacial score (nSPS) is 19.5. The van der Waals surface area contributed by atoms with Crippen LogP contribution in [0.2, 0.25) is 0 Å². The van der Waals surface area contributed by atoms with E-state index in [4.69, 9.17) is 0 Å². The molecule has 1 unspecified atom stereocenters. The minimum Gasteiger partial charge on any atom is -0.287 e. The highest BCUT2D eigenvalue weighted by Gasteiger charge is 2.52. The first-order valence-electron chi connectivity index (χ1n) is 7.43. The lowest BCUT2D eigenvalue weighted by Crippen LogP contribution is -2.43. The number of hydrogen-bond acceptors (Lipinski definition) is 2. The van der Waals surface area contributed by atoms with Gasteiger partial charge in [-0.1, -0.05) is 46.3 Å². The molecule has 0 bridgehead atoms. The molecule has 1 atom stereocenters. The summed E-state index contributed by atoms with van der Waals surface area (Å²) in [6.45, 7) is 3.24. The maximum atomic E-state index is 13.9. The molecule has 3 rings (SSSR count). The van der Waals surface area contributed by atoms with E-state index in [1.54, 1.807) is 50.2 Å². The van der Waals surface area contributed by atoms with Gasteiger partial charge in [-0.05, 0) is 30.7 Å². The van der Waals surface area contributed by atoms with Gasteiger partial charge >= 0.3 is 6.18 Å². The molecule has 2 aromatic carbocycles. The van der Waals surface area contributed by atoms with Crippen molar-refractivity contribution in [2.45, 2.75) is 26.1 Å². The zero-order valence-electron chi connectivity index (χ0n) is 13.1. The number of benzene rings is 2. The Balaban J connectivity index is 2.19. The second kappa shape index (κ2) is 5.74. The molecule has 1 fully saturated rings. The van der Waals surface area contributed by atoms with E-state index >= 15 is 0 Å². The number of hydrogen-bond donors (Lipinski definition) is 1. The molecule has 0 aromatic heterocycles. The summed E-state index contributed by atoms with van der Waals surface area (Å²) in [5.74, 6) is -0.409. The molecular formula is C17H16BrF3N2O. The number of nitrogens with zero attached hydrogens (tertiary/aromatic N) is 1. The van der Waals surface area contributed by atoms with Crippen LogP contribution in [-0.4, -0.2) is 23.6 Å². The summed E-state index contributed by atoms with van der Waals surface area (Å²) in [6.07, 6.45) is -4.54. The Bertz CT molecular complexity index is 804. The Morgan fingerprint density at radius 1 is 1.21 bits per heavy atom. The first-order valence-corrected chi connectivity index (χ1v) is 8.22. The van der Waals surface area contributed by atoms with Gasteiger partial charge in [0.25, 0.3) is 0 Å². The van der Waals surface area contributed by atoms with Crippen LogP contribution in [0.15, 0.2) is 40.9 Å². The molecule has 0 spiro atoms. The highest BCUT2D eigenvalue weighted by molar-refractivity contribution is 9.10. The largest absolute Gasteiger partial charge is 0.409 e. The summed E-state index contributed by atoms with van der Waals surface area (Å²) in [5.41, 5.74) is 1.63. The number of halogens is 4. The van der Waals surface area contributed by atoms with Crippen molar-refractivity contribution in [2.24, 2.45) is 5.41 Å². The third-order valence-corrected chi connectivity index (χ3v) is 4.93. The zero-order chi connectivity index (χ0) is 17.7. The standard InChI is InChI=1S/C17H16BrF3N2O/c1-16(2)9-23(22-15(16)24)14(17(19,20)21)13-11-6-4-3-5-10(11)7-8-12(13)18/h3-8,14H,9H2,1-2H3,(H,22,24). The van der Waals surface area contributed by atoms with Crippen LogP contribution in [0.3, 0.4) is 0 Å². The maximum absolute atomic E-state index is 13.9. The summed E-state index contributed by atoms with van der Waals surface area (Å²) in [6, 6.07) is 8.37. The molecule has 1 N–H and O–H groups in total. The van der Waals surface area contributed by atoms with Crippen molar-refractivity contribution in [3.63, 3.8) is 0 Å². The van der Waals surface area contributed by atoms with Crippen molar-refractivity contribution in [3.8, 4) is 0 Å². The Labute approximate surface area is 145 Å². The number of carbonyl (C=O) groups excluding carboxylic acids is 1. The molecule has 7 heteroatoms. The lowest BCUT2D eigenvalue weighted by molar-refractivity contribution is -0.191. The molecule has 1 aliphatic heterocycles. The minimum absolute atomic E-state index is 0.0222. The van der Waals surface area contributed by atoms with Crippen LogP contribution in [0.1, 0.15) is 25.5 Å². The summed E-state index contributed by atoms with van der Waals surface area (Å²) < 4.78 is 42.2. The smallest absolute Gasteiger partial charge is 0.287 e. The Hall–Kier alpha value is -1.60. The van der Waals surface area contributed by atoms with Crippen LogP contribution >= 0.6 is 15.9 Å². The van der Waals surface area contributed by atoms with Crippen LogP contribution in [0.25, 0.3) is 10.8 Å². The highest BCUT2D eigenvalue weighted by atomic mass is 79.9. The van der Waals surface area contributed by atoms with Crippen LogP contribution in [0.4, 0.5) is 13.2 Å². The predicted octanol–water partition coefficient (Wildman–Crippen LogP) is 4.58. The number of hydrazine groups is 1. The fourth-order valence-corrected chi connectivity index (χ4v) is 3.58. The van der Waals surface area contributed by atoms with Crippen molar-refractivity contribution >= 4 is 32.6 Å². The lowest BCUT2D eigenvalue weighted by Gasteiger charge is -2.31. The van der Waals surface area contributed by atoms with E-state index in [0.29, 0.717) is 9.86 Å². The van der Waals surface area contributed by atoms with Gasteiger partial charge in [0.2, 0.25) is 5.91 Å². The molecule has 24 heavy (non-hydrogen) atoms. The highest BCUT2D eigenvalue weighted by Crippen LogP contribution is 2.45. The van der Waals surface area contributed by atoms with Crippen LogP contribution < -0.4 is 5.43 Å². The molecule has 2 aromatic rings. The molecule has 1 saturated heterocycles. The van der Waals surface area contributed by atoms with Crippen LogP contribution in [0.5, 0.6) is 0 Å². The molecule has 0 saturated carbocycles. The zero-order valence-corrected chi connectivity index (χ0v) is 14.7. The number of fused-ring (bicyclic) bond motifs is 1. The second-order valence-corrected chi connectivity index (χ2v) is 7.43. The lowest BCUT2D eigenvalue weighted by atomic mass is 9.93. The van der Waals surface area contributed by atoms with E-state index in [1.807, 2.05) is 0 Å². The number of carbonyl (C=O) groups is 1. The van der Waals surface area contributed by atoms with Gasteiger partial charge in [0, 0.05) is 16.6 Å². The summed E-state index contributed by atoms with van der Waals surface area (Å²) in [4.78, 5) is 12.0. The van der Waals surface area contributed by atoms with Gasteiger partial charge in [0.15, 0.2) is 6.04 Å². The molecule has 1 heterocycles. The minimum atomic E-state index is -4.54. The second-order valence-electron chi connectivity index (χ2n) is 6.58. The first kappa shape index (κ1) is 17.2. The van der Waals surface area contributed by atoms with Gasteiger partial charge < -0.3 is 0 Å². The Kier molecular flexibility index (Phi) is 4.12. The molecular weight excluding hydrogens is 385 g/mol. The van der Waals surface area contributed by atoms with Crippen molar-refractivity contribution in [1.82, 2.24) is 10.4 Å². The molecule has 1 aliphatic rings. The van der Waals surface area contributed by atoms with Crippen LogP contribution in [-0.2, 0) is 4.79 Å². The van der Waals surface area contributed by atoms with Gasteiger partial charge in [-0.25, -0.2) is 5.01 Å². The van der Waals surface area contributed by atoms with Gasteiger partial charge in [-0.2, -0.15) is 13.2 Å². The average molecular weight is 401 g/mol. The molecule has 0 radical (unpaired) electrons. The summed E-state index contributed by atoms with van der Waals surface area (Å²) >= 11 is 3.26. The topological polar surface area (TPSA) is 32.3 Å². The van der Waals surface area contributed by atoms with Crippen molar-refractivity contribution < 1.29 is 18.0 Å². The van der Waals surface area contributed by atoms with Gasteiger partial charge in [-0.3, -0.25) is 10.2 Å². The summed E-state index contributed by atoms with van der Waals surface area (Å²) in [5, 5.41) is 2.22. The molecule has 128 valence electrons. The van der Waals surface area contributed by atoms with E-state index in [2.05, 4.69) is 21.4 Å². The third-order valence-electron chi connectivity index (χ3n) is 4.24. The van der Waals surface area contributed by atoms with Crippen LogP contribution in [0, 0.1) is 5.41 Å². The van der Waals surface area contributed by atoms with Gasteiger partial charge in [0.1, 0.15) is 0 Å². The number of rotatable bonds is 2. The van der Waals surface area contributed by atoms with E-state index in [1.165, 1.54) is 0 Å². The van der Waals surface area contributed by atoms with E-state index in [0.717, 1.165) is 10.4 Å². The fraction of sp³-hybridized carbons (Fsp3) is 0.353. The van der Waals surface area contributed by atoms with Gasteiger partial charge in [-0.15, -0.1) is 0 Å². The third kappa shape index (κ3) is 2.91. The predicted molar refractivity (Wildman–Crippen MR) is 89.1 cm³/mol. The maximum Gasteiger partial charge on any atom is 0.409 e. The monoisotopic (exact) mass is 400 g/mol. The number of nitrogens with one attached hydrogen (secondary N) is 1. The first-order chi connectivity index (χ1) is 11.1. The fourth-order valence-electron chi connectivity index (χ4n) is 3.02. The molecule has 1 amide bonds. The van der Waals surface area contributed by atoms with Crippen molar-refractivity contribution in [3.05, 3.63) is 46.4 Å². The summed E-state index contributed by atoms with van der Waals surface area (Å²) in [7, 11) is 0. The van der Waals surface area contributed by atoms with E-state index in [-0.39, 0.29) is 12.1 Å².